The van der Waals surface area contributed by atoms with Gasteiger partial charge in [0.2, 0.25) is 17.7 Å². The fraction of sp³-hybridized carbons (Fsp3) is 0.286. The molecule has 0 atom stereocenters. The highest BCUT2D eigenvalue weighted by atomic mass is 16.2. The molecule has 0 aliphatic rings. The molecule has 0 fully saturated rings. The van der Waals surface area contributed by atoms with Crippen LogP contribution in [0, 0.1) is 0 Å². The third-order valence-corrected chi connectivity index (χ3v) is 4.12. The van der Waals surface area contributed by atoms with E-state index in [1.165, 1.54) is 18.7 Å². The molecule has 142 valence electrons. The Kier molecular flexibility index (Phi) is 7.11. The van der Waals surface area contributed by atoms with Gasteiger partial charge in [0.25, 0.3) is 0 Å². The van der Waals surface area contributed by atoms with Gasteiger partial charge in [0.1, 0.15) is 6.54 Å². The van der Waals surface area contributed by atoms with E-state index in [1.54, 1.807) is 29.2 Å². The molecule has 2 aromatic carbocycles. The topological polar surface area (TPSA) is 69.7 Å². The number of carbonyl (C=O) groups is 3. The molecular weight excluding hydrogens is 342 g/mol. The van der Waals surface area contributed by atoms with E-state index in [-0.39, 0.29) is 24.3 Å². The van der Waals surface area contributed by atoms with Gasteiger partial charge in [-0.15, -0.1) is 0 Å². The normalized spacial score (nSPS) is 10.2. The summed E-state index contributed by atoms with van der Waals surface area (Å²) in [6, 6.07) is 16.6. The average molecular weight is 367 g/mol. The van der Waals surface area contributed by atoms with Crippen LogP contribution in [0.4, 0.5) is 11.4 Å². The third kappa shape index (κ3) is 5.95. The molecule has 6 heteroatoms. The maximum atomic E-state index is 12.8. The van der Waals surface area contributed by atoms with E-state index in [2.05, 4.69) is 5.32 Å². The summed E-state index contributed by atoms with van der Waals surface area (Å²) in [5, 5.41) is 2.68. The zero-order valence-electron chi connectivity index (χ0n) is 15.9. The maximum absolute atomic E-state index is 12.8. The number of nitrogens with zero attached hydrogens (tertiary/aromatic N) is 2. The van der Waals surface area contributed by atoms with Gasteiger partial charge >= 0.3 is 0 Å². The number of likely N-dealkylation sites (N-methyl/N-ethyl adjacent to an activating group) is 1. The largest absolute Gasteiger partial charge is 0.337 e. The molecule has 2 aromatic rings. The molecule has 0 aromatic heterocycles. The van der Waals surface area contributed by atoms with Gasteiger partial charge in [0, 0.05) is 38.3 Å². The van der Waals surface area contributed by atoms with Crippen LogP contribution in [-0.4, -0.2) is 35.7 Å². The molecule has 27 heavy (non-hydrogen) atoms. The molecule has 0 unspecified atom stereocenters. The summed E-state index contributed by atoms with van der Waals surface area (Å²) in [5.41, 5.74) is 2.29. The summed E-state index contributed by atoms with van der Waals surface area (Å²) in [6.07, 6.45) is 0. The smallest absolute Gasteiger partial charge is 0.242 e. The Bertz CT molecular complexity index is 788. The van der Waals surface area contributed by atoms with Crippen molar-refractivity contribution >= 4 is 29.1 Å². The molecule has 2 rings (SSSR count). The second-order valence-electron chi connectivity index (χ2n) is 6.23. The predicted octanol–water partition coefficient (Wildman–Crippen LogP) is 3.05. The Morgan fingerprint density at radius 2 is 1.56 bits per heavy atom. The van der Waals surface area contributed by atoms with E-state index in [0.717, 1.165) is 5.56 Å². The van der Waals surface area contributed by atoms with Gasteiger partial charge in [-0.05, 0) is 36.8 Å². The molecule has 0 saturated carbocycles. The van der Waals surface area contributed by atoms with Crippen molar-refractivity contribution in [1.82, 2.24) is 4.90 Å². The lowest BCUT2D eigenvalue weighted by Gasteiger charge is -2.26. The molecule has 0 saturated heterocycles. The predicted molar refractivity (Wildman–Crippen MR) is 106 cm³/mol. The first kappa shape index (κ1) is 20.2. The number of anilines is 2. The van der Waals surface area contributed by atoms with E-state index in [1.807, 2.05) is 37.3 Å². The molecular formula is C21H25N3O3. The van der Waals surface area contributed by atoms with Crippen molar-refractivity contribution < 1.29 is 14.4 Å². The van der Waals surface area contributed by atoms with Crippen LogP contribution in [0.15, 0.2) is 54.6 Å². The maximum Gasteiger partial charge on any atom is 0.242 e. The SMILES string of the molecule is CCN(Cc1ccccc1)C(=O)CN(C(C)=O)c1ccc(NC(C)=O)cc1. The van der Waals surface area contributed by atoms with Crippen molar-refractivity contribution in [3.63, 3.8) is 0 Å². The van der Waals surface area contributed by atoms with Crippen molar-refractivity contribution in [2.45, 2.75) is 27.3 Å². The van der Waals surface area contributed by atoms with E-state index < -0.39 is 0 Å². The Hall–Kier alpha value is -3.15. The van der Waals surface area contributed by atoms with Gasteiger partial charge in [0.05, 0.1) is 0 Å². The number of benzene rings is 2. The quantitative estimate of drug-likeness (QED) is 0.818. The molecule has 6 nitrogen and oxygen atoms in total. The van der Waals surface area contributed by atoms with Gasteiger partial charge in [-0.3, -0.25) is 14.4 Å². The second-order valence-corrected chi connectivity index (χ2v) is 6.23. The Balaban J connectivity index is 2.10. The van der Waals surface area contributed by atoms with Crippen molar-refractivity contribution in [3.05, 3.63) is 60.2 Å². The van der Waals surface area contributed by atoms with Crippen molar-refractivity contribution in [3.8, 4) is 0 Å². The van der Waals surface area contributed by atoms with Crippen molar-refractivity contribution in [2.24, 2.45) is 0 Å². The van der Waals surface area contributed by atoms with Crippen LogP contribution in [-0.2, 0) is 20.9 Å². The Morgan fingerprint density at radius 1 is 0.926 bits per heavy atom. The van der Waals surface area contributed by atoms with Gasteiger partial charge in [0.15, 0.2) is 0 Å². The molecule has 0 aliphatic carbocycles. The molecule has 0 radical (unpaired) electrons. The number of carbonyl (C=O) groups excluding carboxylic acids is 3. The van der Waals surface area contributed by atoms with Crippen molar-refractivity contribution in [2.75, 3.05) is 23.3 Å². The summed E-state index contributed by atoms with van der Waals surface area (Å²) in [4.78, 5) is 39.1. The van der Waals surface area contributed by atoms with Crippen LogP contribution < -0.4 is 10.2 Å². The highest BCUT2D eigenvalue weighted by Gasteiger charge is 2.20. The fourth-order valence-electron chi connectivity index (χ4n) is 2.73. The third-order valence-electron chi connectivity index (χ3n) is 4.12. The fourth-order valence-corrected chi connectivity index (χ4v) is 2.73. The van der Waals surface area contributed by atoms with Gasteiger partial charge in [-0.25, -0.2) is 0 Å². The lowest BCUT2D eigenvalue weighted by Crippen LogP contribution is -2.42. The van der Waals surface area contributed by atoms with Crippen LogP contribution in [0.2, 0.25) is 0 Å². The van der Waals surface area contributed by atoms with Crippen LogP contribution in [0.1, 0.15) is 26.3 Å². The zero-order chi connectivity index (χ0) is 19.8. The first-order chi connectivity index (χ1) is 12.9. The number of rotatable bonds is 7. The minimum atomic E-state index is -0.216. The molecule has 0 aliphatic heterocycles. The van der Waals surface area contributed by atoms with E-state index in [0.29, 0.717) is 24.5 Å². The lowest BCUT2D eigenvalue weighted by molar-refractivity contribution is -0.131. The zero-order valence-corrected chi connectivity index (χ0v) is 15.9. The summed E-state index contributed by atoms with van der Waals surface area (Å²) in [7, 11) is 0. The number of hydrogen-bond acceptors (Lipinski definition) is 3. The van der Waals surface area contributed by atoms with E-state index in [4.69, 9.17) is 0 Å². The summed E-state index contributed by atoms with van der Waals surface area (Å²) in [6.45, 7) is 5.81. The number of amides is 3. The summed E-state index contributed by atoms with van der Waals surface area (Å²) >= 11 is 0. The van der Waals surface area contributed by atoms with Crippen molar-refractivity contribution in [1.29, 1.82) is 0 Å². The van der Waals surface area contributed by atoms with Gasteiger partial charge in [-0.2, -0.15) is 0 Å². The number of hydrogen-bond donors (Lipinski definition) is 1. The van der Waals surface area contributed by atoms with Gasteiger partial charge in [-0.1, -0.05) is 30.3 Å². The highest BCUT2D eigenvalue weighted by Crippen LogP contribution is 2.19. The summed E-state index contributed by atoms with van der Waals surface area (Å²) < 4.78 is 0. The minimum absolute atomic E-state index is 0.0323. The minimum Gasteiger partial charge on any atom is -0.337 e. The molecule has 1 N–H and O–H groups in total. The Labute approximate surface area is 159 Å². The van der Waals surface area contributed by atoms with Crippen LogP contribution in [0.5, 0.6) is 0 Å². The first-order valence-corrected chi connectivity index (χ1v) is 8.88. The van der Waals surface area contributed by atoms with Crippen LogP contribution >= 0.6 is 0 Å². The second kappa shape index (κ2) is 9.52. The van der Waals surface area contributed by atoms with E-state index >= 15 is 0 Å². The van der Waals surface area contributed by atoms with Crippen LogP contribution in [0.25, 0.3) is 0 Å². The average Bonchev–Trinajstić information content (AvgIpc) is 2.65. The monoisotopic (exact) mass is 367 g/mol. The molecule has 0 bridgehead atoms. The molecule has 0 heterocycles. The summed E-state index contributed by atoms with van der Waals surface area (Å²) in [5.74, 6) is -0.505. The van der Waals surface area contributed by atoms with E-state index in [9.17, 15) is 14.4 Å². The molecule has 3 amide bonds. The standard InChI is InChI=1S/C21H25N3O3/c1-4-23(14-18-8-6-5-7-9-18)21(27)15-24(17(3)26)20-12-10-19(11-13-20)22-16(2)25/h5-13H,4,14-15H2,1-3H3,(H,22,25). The first-order valence-electron chi connectivity index (χ1n) is 8.88. The van der Waals surface area contributed by atoms with Gasteiger partial charge < -0.3 is 15.1 Å². The lowest BCUT2D eigenvalue weighted by atomic mass is 10.2. The van der Waals surface area contributed by atoms with Crippen LogP contribution in [0.3, 0.4) is 0 Å². The molecule has 0 spiro atoms. The Morgan fingerprint density at radius 3 is 2.07 bits per heavy atom. The number of nitrogens with one attached hydrogen (secondary N) is 1. The highest BCUT2D eigenvalue weighted by molar-refractivity contribution is 5.98.